The van der Waals surface area contributed by atoms with E-state index in [0.29, 0.717) is 0 Å². The Kier molecular flexibility index (Phi) is 5.11. The number of carbonyl (C=O) groups excluding carboxylic acids is 1. The zero-order valence-corrected chi connectivity index (χ0v) is 10.8. The van der Waals surface area contributed by atoms with Gasteiger partial charge in [-0.05, 0) is 30.2 Å². The summed E-state index contributed by atoms with van der Waals surface area (Å²) in [6.07, 6.45) is -5.00. The molecule has 7 heteroatoms. The van der Waals surface area contributed by atoms with Crippen LogP contribution in [-0.2, 0) is 28.7 Å². The average molecular weight is 286 g/mol. The Morgan fingerprint density at radius 3 is 2.50 bits per heavy atom. The van der Waals surface area contributed by atoms with Crippen molar-refractivity contribution in [2.24, 2.45) is 5.73 Å². The highest BCUT2D eigenvalue weighted by Gasteiger charge is 2.34. The second-order valence-corrected chi connectivity index (χ2v) is 3.91. The van der Waals surface area contributed by atoms with E-state index in [1.807, 2.05) is 0 Å². The first kappa shape index (κ1) is 16.0. The van der Waals surface area contributed by atoms with Crippen molar-refractivity contribution in [3.63, 3.8) is 0 Å². The predicted octanol–water partition coefficient (Wildman–Crippen LogP) is 2.14. The molecule has 2 N–H and O–H groups in total. The third-order valence-electron chi connectivity index (χ3n) is 2.69. The fourth-order valence-electron chi connectivity index (χ4n) is 1.85. The Morgan fingerprint density at radius 2 is 2.05 bits per heavy atom. The van der Waals surface area contributed by atoms with Crippen LogP contribution < -0.4 is 5.73 Å². The van der Waals surface area contributed by atoms with Crippen molar-refractivity contribution in [2.75, 3.05) is 6.61 Å². The number of esters is 1. The Bertz CT molecular complexity index is 548. The maximum Gasteiger partial charge on any atom is 0.416 e. The average Bonchev–Trinajstić information content (AvgIpc) is 2.37. The van der Waals surface area contributed by atoms with E-state index >= 15 is 0 Å². The molecule has 0 fully saturated rings. The third-order valence-corrected chi connectivity index (χ3v) is 2.69. The molecular weight excluding hydrogens is 273 g/mol. The number of carbonyl (C=O) groups is 1. The molecule has 1 rings (SSSR count). The monoisotopic (exact) mass is 286 g/mol. The van der Waals surface area contributed by atoms with Crippen LogP contribution in [0.25, 0.3) is 0 Å². The van der Waals surface area contributed by atoms with Crippen molar-refractivity contribution in [2.45, 2.75) is 26.1 Å². The molecule has 0 aliphatic rings. The van der Waals surface area contributed by atoms with Gasteiger partial charge in [0.15, 0.2) is 0 Å². The molecule has 1 aromatic rings. The summed E-state index contributed by atoms with van der Waals surface area (Å²) in [6.45, 7) is 1.27. The number of nitrogens with two attached hydrogens (primary N) is 1. The van der Waals surface area contributed by atoms with Crippen LogP contribution in [0.3, 0.4) is 0 Å². The van der Waals surface area contributed by atoms with Gasteiger partial charge >= 0.3 is 12.1 Å². The van der Waals surface area contributed by atoms with Crippen LogP contribution in [0.1, 0.15) is 29.2 Å². The molecule has 0 spiro atoms. The van der Waals surface area contributed by atoms with Crippen molar-refractivity contribution in [1.82, 2.24) is 0 Å². The smallest absolute Gasteiger partial charge is 0.416 e. The number of benzene rings is 1. The highest BCUT2D eigenvalue weighted by Crippen LogP contribution is 2.34. The lowest BCUT2D eigenvalue weighted by Crippen LogP contribution is -2.18. The van der Waals surface area contributed by atoms with Gasteiger partial charge in [-0.3, -0.25) is 4.79 Å². The lowest BCUT2D eigenvalue weighted by atomic mass is 9.93. The van der Waals surface area contributed by atoms with Gasteiger partial charge in [0.2, 0.25) is 0 Å². The molecule has 0 amide bonds. The largest absolute Gasteiger partial charge is 0.466 e. The van der Waals surface area contributed by atoms with E-state index in [-0.39, 0.29) is 23.3 Å². The Balaban J connectivity index is 3.38. The lowest BCUT2D eigenvalue weighted by Gasteiger charge is -2.16. The second kappa shape index (κ2) is 6.39. The number of halogens is 3. The maximum atomic E-state index is 12.9. The topological polar surface area (TPSA) is 76.1 Å². The molecule has 1 aromatic carbocycles. The van der Waals surface area contributed by atoms with Gasteiger partial charge < -0.3 is 10.5 Å². The van der Waals surface area contributed by atoms with Crippen LogP contribution in [0, 0.1) is 11.3 Å². The summed E-state index contributed by atoms with van der Waals surface area (Å²) in [4.78, 5) is 11.5. The number of rotatable bonds is 4. The Morgan fingerprint density at radius 1 is 1.40 bits per heavy atom. The fraction of sp³-hybridized carbons (Fsp3) is 0.385. The minimum atomic E-state index is -4.59. The van der Waals surface area contributed by atoms with E-state index < -0.39 is 30.7 Å². The normalized spacial score (nSPS) is 11.0. The standard InChI is InChI=1S/C13H13F3N2O2/c1-2-20-12(19)5-9-8(6-17)3-4-11(10(9)7-18)13(14,15)16/h3-4H,2,5,7,18H2,1H3. The van der Waals surface area contributed by atoms with E-state index in [4.69, 9.17) is 15.7 Å². The molecule has 0 heterocycles. The molecule has 108 valence electrons. The maximum absolute atomic E-state index is 12.9. The van der Waals surface area contributed by atoms with Gasteiger partial charge in [0.1, 0.15) is 0 Å². The number of hydrogen-bond donors (Lipinski definition) is 1. The molecule has 0 aliphatic carbocycles. The summed E-state index contributed by atoms with van der Waals surface area (Å²) in [5, 5.41) is 8.95. The highest BCUT2D eigenvalue weighted by molar-refractivity contribution is 5.74. The van der Waals surface area contributed by atoms with Gasteiger partial charge in [-0.25, -0.2) is 0 Å². The van der Waals surface area contributed by atoms with Crippen molar-refractivity contribution in [3.8, 4) is 6.07 Å². The molecular formula is C13H13F3N2O2. The summed E-state index contributed by atoms with van der Waals surface area (Å²) in [7, 11) is 0. The van der Waals surface area contributed by atoms with E-state index in [1.165, 1.54) is 0 Å². The van der Waals surface area contributed by atoms with Crippen LogP contribution in [0.15, 0.2) is 12.1 Å². The van der Waals surface area contributed by atoms with Gasteiger partial charge in [-0.15, -0.1) is 0 Å². The van der Waals surface area contributed by atoms with Gasteiger partial charge in [0, 0.05) is 6.54 Å². The molecule has 0 atom stereocenters. The molecule has 4 nitrogen and oxygen atoms in total. The third kappa shape index (κ3) is 3.48. The minimum absolute atomic E-state index is 0.00787. The number of hydrogen-bond acceptors (Lipinski definition) is 4. The summed E-state index contributed by atoms with van der Waals surface area (Å²) < 4.78 is 43.3. The van der Waals surface area contributed by atoms with Gasteiger partial charge in [-0.1, -0.05) is 0 Å². The van der Waals surface area contributed by atoms with Gasteiger partial charge in [0.25, 0.3) is 0 Å². The molecule has 20 heavy (non-hydrogen) atoms. The predicted molar refractivity (Wildman–Crippen MR) is 64.4 cm³/mol. The van der Waals surface area contributed by atoms with E-state index in [1.54, 1.807) is 13.0 Å². The summed E-state index contributed by atoms with van der Waals surface area (Å²) in [5.74, 6) is -0.696. The first-order valence-corrected chi connectivity index (χ1v) is 5.82. The SMILES string of the molecule is CCOC(=O)Cc1c(C#N)ccc(C(F)(F)F)c1CN. The van der Waals surface area contributed by atoms with E-state index in [0.717, 1.165) is 12.1 Å². The van der Waals surface area contributed by atoms with E-state index in [9.17, 15) is 18.0 Å². The van der Waals surface area contributed by atoms with Crippen LogP contribution >= 0.6 is 0 Å². The zero-order chi connectivity index (χ0) is 15.3. The van der Waals surface area contributed by atoms with Crippen LogP contribution in [-0.4, -0.2) is 12.6 Å². The summed E-state index contributed by atoms with van der Waals surface area (Å²) in [6, 6.07) is 3.60. The van der Waals surface area contributed by atoms with Crippen molar-refractivity contribution in [1.29, 1.82) is 5.26 Å². The van der Waals surface area contributed by atoms with Crippen LogP contribution in [0.4, 0.5) is 13.2 Å². The van der Waals surface area contributed by atoms with Crippen LogP contribution in [0.5, 0.6) is 0 Å². The first-order valence-electron chi connectivity index (χ1n) is 5.82. The Hall–Kier alpha value is -2.07. The highest BCUT2D eigenvalue weighted by atomic mass is 19.4. The zero-order valence-electron chi connectivity index (χ0n) is 10.8. The van der Waals surface area contributed by atoms with Crippen molar-refractivity contribution in [3.05, 3.63) is 34.4 Å². The number of ether oxygens (including phenoxy) is 1. The summed E-state index contributed by atoms with van der Waals surface area (Å²) >= 11 is 0. The van der Waals surface area contributed by atoms with Crippen molar-refractivity contribution >= 4 is 5.97 Å². The number of alkyl halides is 3. The molecule has 0 aromatic heterocycles. The Labute approximate surface area is 113 Å². The summed E-state index contributed by atoms with van der Waals surface area (Å²) in [5.41, 5.74) is 4.15. The van der Waals surface area contributed by atoms with Crippen LogP contribution in [0.2, 0.25) is 0 Å². The minimum Gasteiger partial charge on any atom is -0.466 e. The molecule has 0 bridgehead atoms. The molecule has 0 radical (unpaired) electrons. The molecule has 0 saturated carbocycles. The van der Waals surface area contributed by atoms with Crippen molar-refractivity contribution < 1.29 is 22.7 Å². The molecule has 0 saturated heterocycles. The number of nitrogens with zero attached hydrogens (tertiary/aromatic N) is 1. The fourth-order valence-corrected chi connectivity index (χ4v) is 1.85. The molecule has 0 unspecified atom stereocenters. The quantitative estimate of drug-likeness (QED) is 0.860. The van der Waals surface area contributed by atoms with Gasteiger partial charge in [0.05, 0.1) is 30.2 Å². The van der Waals surface area contributed by atoms with Gasteiger partial charge in [-0.2, -0.15) is 18.4 Å². The lowest BCUT2D eigenvalue weighted by molar-refractivity contribution is -0.143. The van der Waals surface area contributed by atoms with E-state index in [2.05, 4.69) is 0 Å². The molecule has 0 aliphatic heterocycles. The number of nitriles is 1. The first-order chi connectivity index (χ1) is 9.35. The second-order valence-electron chi connectivity index (χ2n) is 3.91.